The number of carboxylic acid groups (broad SMARTS) is 1. The van der Waals surface area contributed by atoms with Gasteiger partial charge in [0.1, 0.15) is 5.71 Å². The Labute approximate surface area is 115 Å². The molecule has 6 heteroatoms. The minimum Gasteiger partial charge on any atom is -0.477 e. The van der Waals surface area contributed by atoms with Gasteiger partial charge in [-0.3, -0.25) is 4.79 Å². The molecule has 0 radical (unpaired) electrons. The first-order valence-corrected chi connectivity index (χ1v) is 6.12. The zero-order valence-electron chi connectivity index (χ0n) is 11.0. The number of carbonyl (C=O) groups is 2. The van der Waals surface area contributed by atoms with E-state index in [0.717, 1.165) is 11.1 Å². The summed E-state index contributed by atoms with van der Waals surface area (Å²) in [5, 5.41) is 22.8. The predicted octanol–water partition coefficient (Wildman–Crippen LogP) is 1.43. The number of hydrazone groups is 1. The van der Waals surface area contributed by atoms with Crippen molar-refractivity contribution in [2.75, 3.05) is 0 Å². The van der Waals surface area contributed by atoms with Gasteiger partial charge in [0.05, 0.1) is 18.2 Å². The van der Waals surface area contributed by atoms with E-state index < -0.39 is 5.97 Å². The molecule has 2 rings (SSSR count). The Kier molecular flexibility index (Phi) is 3.80. The molecular weight excluding hydrogens is 258 g/mol. The molecule has 0 saturated heterocycles. The summed E-state index contributed by atoms with van der Waals surface area (Å²) in [7, 11) is 0. The lowest BCUT2D eigenvalue weighted by Crippen LogP contribution is -2.34. The highest BCUT2D eigenvalue weighted by atomic mass is 16.4. The Hall–Kier alpha value is -2.68. The maximum absolute atomic E-state index is 11.8. The lowest BCUT2D eigenvalue weighted by Gasteiger charge is -2.22. The Balaban J connectivity index is 2.24. The van der Waals surface area contributed by atoms with Crippen molar-refractivity contribution in [2.24, 2.45) is 5.10 Å². The van der Waals surface area contributed by atoms with Gasteiger partial charge in [-0.25, -0.2) is 9.80 Å². The highest BCUT2D eigenvalue weighted by molar-refractivity contribution is 6.36. The SMILES string of the molecule is Cc1cc(C#N)ccc1CN1N=C(C(=O)O)CCC1=O. The number of rotatable bonds is 3. The summed E-state index contributed by atoms with van der Waals surface area (Å²) < 4.78 is 0. The number of nitrogens with zero attached hydrogens (tertiary/aromatic N) is 3. The number of carboxylic acids is 1. The second-order valence-corrected chi connectivity index (χ2v) is 4.56. The Morgan fingerprint density at radius 1 is 1.50 bits per heavy atom. The first-order valence-electron chi connectivity index (χ1n) is 6.12. The summed E-state index contributed by atoms with van der Waals surface area (Å²) in [6.07, 6.45) is 0.317. The molecule has 0 spiro atoms. The van der Waals surface area contributed by atoms with Gasteiger partial charge in [-0.05, 0) is 30.2 Å². The van der Waals surface area contributed by atoms with Gasteiger partial charge >= 0.3 is 5.97 Å². The highest BCUT2D eigenvalue weighted by Crippen LogP contribution is 2.17. The molecule has 1 aromatic rings. The van der Waals surface area contributed by atoms with Crippen molar-refractivity contribution in [3.05, 3.63) is 34.9 Å². The molecule has 0 saturated carbocycles. The van der Waals surface area contributed by atoms with Gasteiger partial charge in [-0.15, -0.1) is 0 Å². The lowest BCUT2D eigenvalue weighted by atomic mass is 10.0. The smallest absolute Gasteiger partial charge is 0.352 e. The summed E-state index contributed by atoms with van der Waals surface area (Å²) in [4.78, 5) is 22.7. The van der Waals surface area contributed by atoms with E-state index in [-0.39, 0.29) is 31.0 Å². The number of aryl methyl sites for hydroxylation is 1. The molecule has 0 unspecified atom stereocenters. The topological polar surface area (TPSA) is 93.8 Å². The Morgan fingerprint density at radius 3 is 2.85 bits per heavy atom. The largest absolute Gasteiger partial charge is 0.477 e. The zero-order chi connectivity index (χ0) is 14.7. The molecule has 1 aliphatic heterocycles. The van der Waals surface area contributed by atoms with Gasteiger partial charge in [0, 0.05) is 12.8 Å². The number of benzene rings is 1. The van der Waals surface area contributed by atoms with Crippen molar-refractivity contribution in [1.82, 2.24) is 5.01 Å². The predicted molar refractivity (Wildman–Crippen MR) is 70.7 cm³/mol. The number of aliphatic carboxylic acids is 1. The zero-order valence-corrected chi connectivity index (χ0v) is 11.0. The molecule has 6 nitrogen and oxygen atoms in total. The highest BCUT2D eigenvalue weighted by Gasteiger charge is 2.24. The molecule has 0 atom stereocenters. The monoisotopic (exact) mass is 271 g/mol. The van der Waals surface area contributed by atoms with Crippen molar-refractivity contribution < 1.29 is 14.7 Å². The van der Waals surface area contributed by atoms with Crippen molar-refractivity contribution >= 4 is 17.6 Å². The fourth-order valence-corrected chi connectivity index (χ4v) is 1.98. The van der Waals surface area contributed by atoms with Gasteiger partial charge in [0.15, 0.2) is 0 Å². The van der Waals surface area contributed by atoms with Gasteiger partial charge in [0.25, 0.3) is 0 Å². The minimum absolute atomic E-state index is 0.00380. The van der Waals surface area contributed by atoms with Crippen LogP contribution >= 0.6 is 0 Å². The standard InChI is InChI=1S/C14H13N3O3/c1-9-6-10(7-15)2-3-11(9)8-17-13(18)5-4-12(16-17)14(19)20/h2-3,6H,4-5,8H2,1H3,(H,19,20). The molecule has 1 N–H and O–H groups in total. The van der Waals surface area contributed by atoms with E-state index in [9.17, 15) is 9.59 Å². The van der Waals surface area contributed by atoms with Crippen LogP contribution in [0.4, 0.5) is 0 Å². The molecule has 1 aromatic carbocycles. The molecule has 102 valence electrons. The lowest BCUT2D eigenvalue weighted by molar-refractivity contribution is -0.133. The molecule has 1 heterocycles. The van der Waals surface area contributed by atoms with E-state index in [0.29, 0.717) is 5.56 Å². The fraction of sp³-hybridized carbons (Fsp3) is 0.286. The number of nitriles is 1. The molecular formula is C14H13N3O3. The summed E-state index contributed by atoms with van der Waals surface area (Å²) in [5.41, 5.74) is 2.25. The third-order valence-electron chi connectivity index (χ3n) is 3.14. The molecule has 1 amide bonds. The van der Waals surface area contributed by atoms with Crippen LogP contribution < -0.4 is 0 Å². The van der Waals surface area contributed by atoms with Crippen LogP contribution in [-0.4, -0.2) is 27.7 Å². The van der Waals surface area contributed by atoms with Gasteiger partial charge in [0.2, 0.25) is 5.91 Å². The third-order valence-corrected chi connectivity index (χ3v) is 3.14. The molecule has 0 aliphatic carbocycles. The summed E-state index contributed by atoms with van der Waals surface area (Å²) in [5.74, 6) is -1.29. The Bertz CT molecular complexity index is 644. The Morgan fingerprint density at radius 2 is 2.25 bits per heavy atom. The van der Waals surface area contributed by atoms with Crippen LogP contribution in [-0.2, 0) is 16.1 Å². The molecule has 1 aliphatic rings. The fourth-order valence-electron chi connectivity index (χ4n) is 1.98. The van der Waals surface area contributed by atoms with Gasteiger partial charge in [-0.2, -0.15) is 10.4 Å². The average molecular weight is 271 g/mol. The van der Waals surface area contributed by atoms with Crippen LogP contribution in [0.25, 0.3) is 0 Å². The van der Waals surface area contributed by atoms with E-state index in [2.05, 4.69) is 5.10 Å². The van der Waals surface area contributed by atoms with E-state index in [1.54, 1.807) is 18.2 Å². The maximum atomic E-state index is 11.8. The summed E-state index contributed by atoms with van der Waals surface area (Å²) in [6.45, 7) is 2.06. The van der Waals surface area contributed by atoms with Crippen molar-refractivity contribution in [2.45, 2.75) is 26.3 Å². The quantitative estimate of drug-likeness (QED) is 0.899. The van der Waals surface area contributed by atoms with E-state index in [4.69, 9.17) is 10.4 Å². The van der Waals surface area contributed by atoms with Gasteiger partial charge < -0.3 is 5.11 Å². The van der Waals surface area contributed by atoms with E-state index >= 15 is 0 Å². The average Bonchev–Trinajstić information content (AvgIpc) is 2.42. The van der Waals surface area contributed by atoms with Crippen LogP contribution in [0, 0.1) is 18.3 Å². The number of carbonyl (C=O) groups excluding carboxylic acids is 1. The van der Waals surface area contributed by atoms with Crippen LogP contribution in [0.1, 0.15) is 29.5 Å². The second-order valence-electron chi connectivity index (χ2n) is 4.56. The van der Waals surface area contributed by atoms with Crippen molar-refractivity contribution in [3.8, 4) is 6.07 Å². The number of amides is 1. The molecule has 0 fully saturated rings. The van der Waals surface area contributed by atoms with Crippen molar-refractivity contribution in [3.63, 3.8) is 0 Å². The first-order chi connectivity index (χ1) is 9.51. The normalized spacial score (nSPS) is 14.7. The molecule has 0 bridgehead atoms. The van der Waals surface area contributed by atoms with Gasteiger partial charge in [-0.1, -0.05) is 6.07 Å². The minimum atomic E-state index is -1.10. The number of hydrogen-bond donors (Lipinski definition) is 1. The van der Waals surface area contributed by atoms with Crippen LogP contribution in [0.2, 0.25) is 0 Å². The first kappa shape index (κ1) is 13.7. The number of hydrogen-bond acceptors (Lipinski definition) is 4. The molecule has 0 aromatic heterocycles. The van der Waals surface area contributed by atoms with Crippen LogP contribution in [0.3, 0.4) is 0 Å². The second kappa shape index (κ2) is 5.53. The van der Waals surface area contributed by atoms with Crippen molar-refractivity contribution in [1.29, 1.82) is 5.26 Å². The summed E-state index contributed by atoms with van der Waals surface area (Å²) >= 11 is 0. The summed E-state index contributed by atoms with van der Waals surface area (Å²) in [6, 6.07) is 7.19. The maximum Gasteiger partial charge on any atom is 0.352 e. The van der Waals surface area contributed by atoms with Crippen LogP contribution in [0.15, 0.2) is 23.3 Å². The van der Waals surface area contributed by atoms with Crippen LogP contribution in [0.5, 0.6) is 0 Å². The van der Waals surface area contributed by atoms with E-state index in [1.165, 1.54) is 5.01 Å². The third kappa shape index (κ3) is 2.83. The van der Waals surface area contributed by atoms with E-state index in [1.807, 2.05) is 13.0 Å². The molecule has 20 heavy (non-hydrogen) atoms.